The predicted octanol–water partition coefficient (Wildman–Crippen LogP) is 3.24. The Hall–Kier alpha value is -2.10. The Morgan fingerprint density at radius 1 is 1.33 bits per heavy atom. The Morgan fingerprint density at radius 3 is 2.50 bits per heavy atom. The maximum atomic E-state index is 10.7. The summed E-state index contributed by atoms with van der Waals surface area (Å²) in [5.41, 5.74) is 2.02. The minimum absolute atomic E-state index is 0.0729. The molecule has 4 heteroatoms. The highest BCUT2D eigenvalue weighted by Crippen LogP contribution is 2.21. The van der Waals surface area contributed by atoms with E-state index in [2.05, 4.69) is 19.0 Å². The molecule has 0 amide bonds. The Bertz CT molecular complexity index is 540. The lowest BCUT2D eigenvalue weighted by Gasteiger charge is -2.04. The molecule has 2 aromatic rings. The van der Waals surface area contributed by atoms with E-state index in [0.717, 1.165) is 12.0 Å². The van der Waals surface area contributed by atoms with E-state index in [9.17, 15) is 4.79 Å². The van der Waals surface area contributed by atoms with Crippen LogP contribution in [0.1, 0.15) is 29.9 Å². The van der Waals surface area contributed by atoms with E-state index in [1.807, 2.05) is 24.3 Å². The third-order valence-corrected chi connectivity index (χ3v) is 2.61. The average molecular weight is 245 g/mol. The van der Waals surface area contributed by atoms with Crippen LogP contribution in [0, 0.1) is 5.92 Å². The average Bonchev–Trinajstić information content (AvgIpc) is 2.78. The molecule has 1 aromatic heterocycles. The molecule has 1 aromatic carbocycles. The minimum Gasteiger partial charge on any atom is -0.476 e. The maximum Gasteiger partial charge on any atom is 0.358 e. The third kappa shape index (κ3) is 2.77. The first-order valence-electron chi connectivity index (χ1n) is 5.85. The molecule has 0 unspecified atom stereocenters. The Balaban J connectivity index is 2.20. The van der Waals surface area contributed by atoms with Gasteiger partial charge in [0.05, 0.1) is 0 Å². The van der Waals surface area contributed by atoms with Crippen LogP contribution in [0.25, 0.3) is 11.3 Å². The van der Waals surface area contributed by atoms with Crippen molar-refractivity contribution in [3.63, 3.8) is 0 Å². The monoisotopic (exact) mass is 245 g/mol. The molecule has 0 aliphatic heterocycles. The fourth-order valence-corrected chi connectivity index (χ4v) is 1.79. The van der Waals surface area contributed by atoms with Gasteiger partial charge in [0.15, 0.2) is 11.5 Å². The smallest absolute Gasteiger partial charge is 0.358 e. The van der Waals surface area contributed by atoms with Crippen LogP contribution in [0.4, 0.5) is 0 Å². The second-order valence-corrected chi connectivity index (χ2v) is 4.68. The van der Waals surface area contributed by atoms with Gasteiger partial charge in [-0.2, -0.15) is 0 Å². The number of carboxylic acid groups (broad SMARTS) is 1. The number of aromatic carboxylic acids is 1. The molecular formula is C14H15NO3. The lowest BCUT2D eigenvalue weighted by atomic mass is 10.0. The molecule has 0 atom stereocenters. The van der Waals surface area contributed by atoms with Crippen molar-refractivity contribution < 1.29 is 14.4 Å². The van der Waals surface area contributed by atoms with Gasteiger partial charge in [-0.1, -0.05) is 43.3 Å². The Labute approximate surface area is 105 Å². The third-order valence-electron chi connectivity index (χ3n) is 2.61. The van der Waals surface area contributed by atoms with E-state index >= 15 is 0 Å². The topological polar surface area (TPSA) is 63.3 Å². The van der Waals surface area contributed by atoms with Gasteiger partial charge < -0.3 is 9.63 Å². The molecule has 0 fully saturated rings. The van der Waals surface area contributed by atoms with Gasteiger partial charge in [-0.3, -0.25) is 0 Å². The number of carboxylic acids is 1. The number of hydrogen-bond acceptors (Lipinski definition) is 3. The summed E-state index contributed by atoms with van der Waals surface area (Å²) in [6, 6.07) is 9.32. The van der Waals surface area contributed by atoms with Crippen LogP contribution in [0.5, 0.6) is 0 Å². The van der Waals surface area contributed by atoms with Crippen molar-refractivity contribution in [2.75, 3.05) is 0 Å². The summed E-state index contributed by atoms with van der Waals surface area (Å²) in [7, 11) is 0. The van der Waals surface area contributed by atoms with Gasteiger partial charge >= 0.3 is 5.97 Å². The summed E-state index contributed by atoms with van der Waals surface area (Å²) >= 11 is 0. The summed E-state index contributed by atoms with van der Waals surface area (Å²) in [4.78, 5) is 10.7. The Morgan fingerprint density at radius 2 is 2.00 bits per heavy atom. The van der Waals surface area contributed by atoms with Crippen molar-refractivity contribution in [3.05, 3.63) is 41.6 Å². The number of hydrogen-bond donors (Lipinski definition) is 1. The van der Waals surface area contributed by atoms with E-state index in [1.165, 1.54) is 11.6 Å². The quantitative estimate of drug-likeness (QED) is 0.898. The van der Waals surface area contributed by atoms with E-state index in [-0.39, 0.29) is 5.69 Å². The van der Waals surface area contributed by atoms with Gasteiger partial charge in [0.25, 0.3) is 0 Å². The molecular weight excluding hydrogens is 230 g/mol. The fraction of sp³-hybridized carbons (Fsp3) is 0.286. The molecule has 94 valence electrons. The van der Waals surface area contributed by atoms with Crippen molar-refractivity contribution in [2.24, 2.45) is 5.92 Å². The van der Waals surface area contributed by atoms with Crippen molar-refractivity contribution in [3.8, 4) is 11.3 Å². The first-order valence-corrected chi connectivity index (χ1v) is 5.85. The van der Waals surface area contributed by atoms with Crippen LogP contribution >= 0.6 is 0 Å². The van der Waals surface area contributed by atoms with E-state index < -0.39 is 5.97 Å². The number of benzene rings is 1. The molecule has 18 heavy (non-hydrogen) atoms. The van der Waals surface area contributed by atoms with Gasteiger partial charge in [0, 0.05) is 11.6 Å². The summed E-state index contributed by atoms with van der Waals surface area (Å²) in [6.07, 6.45) is 1.02. The maximum absolute atomic E-state index is 10.7. The molecule has 2 rings (SSSR count). The molecule has 4 nitrogen and oxygen atoms in total. The second kappa shape index (κ2) is 5.04. The van der Waals surface area contributed by atoms with Crippen LogP contribution in [0.2, 0.25) is 0 Å². The standard InChI is InChI=1S/C14H15NO3/c1-9(2)7-10-3-5-11(6-4-10)13-8-12(14(16)17)15-18-13/h3-6,8-9H,7H2,1-2H3,(H,16,17). The van der Waals surface area contributed by atoms with Crippen molar-refractivity contribution in [1.29, 1.82) is 0 Å². The van der Waals surface area contributed by atoms with Crippen LogP contribution in [0.3, 0.4) is 0 Å². The summed E-state index contributed by atoms with van der Waals surface area (Å²) in [6.45, 7) is 4.34. The number of nitrogens with zero attached hydrogens (tertiary/aromatic N) is 1. The lowest BCUT2D eigenvalue weighted by Crippen LogP contribution is -1.94. The van der Waals surface area contributed by atoms with Gasteiger partial charge in [0.1, 0.15) is 0 Å². The van der Waals surface area contributed by atoms with Crippen molar-refractivity contribution >= 4 is 5.97 Å². The molecule has 1 N–H and O–H groups in total. The van der Waals surface area contributed by atoms with Gasteiger partial charge in [-0.15, -0.1) is 0 Å². The van der Waals surface area contributed by atoms with E-state index in [0.29, 0.717) is 11.7 Å². The molecule has 0 aliphatic carbocycles. The van der Waals surface area contributed by atoms with Crippen molar-refractivity contribution in [1.82, 2.24) is 5.16 Å². The summed E-state index contributed by atoms with van der Waals surface area (Å²) < 4.78 is 5.00. The summed E-state index contributed by atoms with van der Waals surface area (Å²) in [5, 5.41) is 12.3. The van der Waals surface area contributed by atoms with Crippen molar-refractivity contribution in [2.45, 2.75) is 20.3 Å². The molecule has 0 saturated heterocycles. The number of rotatable bonds is 4. The van der Waals surface area contributed by atoms with E-state index in [4.69, 9.17) is 9.63 Å². The number of aromatic nitrogens is 1. The fourth-order valence-electron chi connectivity index (χ4n) is 1.79. The van der Waals surface area contributed by atoms with Crippen LogP contribution in [-0.4, -0.2) is 16.2 Å². The van der Waals surface area contributed by atoms with Crippen LogP contribution in [0.15, 0.2) is 34.9 Å². The van der Waals surface area contributed by atoms with Crippen LogP contribution < -0.4 is 0 Å². The highest BCUT2D eigenvalue weighted by molar-refractivity contribution is 5.86. The summed E-state index contributed by atoms with van der Waals surface area (Å²) in [5.74, 6) is 0.00432. The zero-order valence-electron chi connectivity index (χ0n) is 10.4. The highest BCUT2D eigenvalue weighted by atomic mass is 16.5. The SMILES string of the molecule is CC(C)Cc1ccc(-c2cc(C(=O)O)no2)cc1. The largest absolute Gasteiger partial charge is 0.476 e. The zero-order chi connectivity index (χ0) is 13.1. The van der Waals surface area contributed by atoms with Gasteiger partial charge in [-0.25, -0.2) is 4.79 Å². The zero-order valence-corrected chi connectivity index (χ0v) is 10.4. The second-order valence-electron chi connectivity index (χ2n) is 4.68. The molecule has 0 saturated carbocycles. The molecule has 0 radical (unpaired) electrons. The molecule has 0 aliphatic rings. The normalized spacial score (nSPS) is 10.8. The first kappa shape index (κ1) is 12.4. The Kier molecular flexibility index (Phi) is 3.46. The minimum atomic E-state index is -1.08. The van der Waals surface area contributed by atoms with E-state index in [1.54, 1.807) is 0 Å². The van der Waals surface area contributed by atoms with Gasteiger partial charge in [0.2, 0.25) is 0 Å². The molecule has 1 heterocycles. The van der Waals surface area contributed by atoms with Gasteiger partial charge in [-0.05, 0) is 17.9 Å². The predicted molar refractivity (Wildman–Crippen MR) is 67.4 cm³/mol. The first-order chi connectivity index (χ1) is 8.56. The van der Waals surface area contributed by atoms with Crippen LogP contribution in [-0.2, 0) is 6.42 Å². The molecule has 0 bridgehead atoms. The lowest BCUT2D eigenvalue weighted by molar-refractivity contribution is 0.0686. The highest BCUT2D eigenvalue weighted by Gasteiger charge is 2.11. The molecule has 0 spiro atoms. The number of carbonyl (C=O) groups is 1.